The van der Waals surface area contributed by atoms with E-state index in [0.29, 0.717) is 16.4 Å². The standard InChI is InChI=1S/C12H17N3O2S/c1-3-6-15(8-11(16)17-2)10-5-4-9(7-14-10)12(13)18/h4-5,7H,3,6,8H2,1-2H3,(H2,13,18). The third-order valence-corrected chi connectivity index (χ3v) is 2.63. The van der Waals surface area contributed by atoms with Gasteiger partial charge in [0.2, 0.25) is 0 Å². The van der Waals surface area contributed by atoms with Crippen LogP contribution in [0, 0.1) is 0 Å². The van der Waals surface area contributed by atoms with Crippen LogP contribution in [0.25, 0.3) is 0 Å². The fraction of sp³-hybridized carbons (Fsp3) is 0.417. The van der Waals surface area contributed by atoms with Crippen molar-refractivity contribution < 1.29 is 9.53 Å². The molecule has 0 aliphatic heterocycles. The number of hydrogen-bond acceptors (Lipinski definition) is 5. The average molecular weight is 267 g/mol. The molecule has 6 heteroatoms. The van der Waals surface area contributed by atoms with Gasteiger partial charge in [0.15, 0.2) is 0 Å². The van der Waals surface area contributed by atoms with Gasteiger partial charge in [0.25, 0.3) is 0 Å². The van der Waals surface area contributed by atoms with Gasteiger partial charge in [0, 0.05) is 18.3 Å². The van der Waals surface area contributed by atoms with Crippen LogP contribution in [0.3, 0.4) is 0 Å². The molecule has 0 atom stereocenters. The Balaban J connectivity index is 2.84. The molecule has 1 aromatic heterocycles. The molecular weight excluding hydrogens is 250 g/mol. The number of carbonyl (C=O) groups is 1. The van der Waals surface area contributed by atoms with Gasteiger partial charge in [0.1, 0.15) is 17.4 Å². The molecule has 0 saturated heterocycles. The van der Waals surface area contributed by atoms with Gasteiger partial charge in [-0.3, -0.25) is 4.79 Å². The van der Waals surface area contributed by atoms with Crippen molar-refractivity contribution in [1.82, 2.24) is 4.98 Å². The Kier molecular flexibility index (Phi) is 5.51. The summed E-state index contributed by atoms with van der Waals surface area (Å²) in [5.74, 6) is 0.422. The maximum atomic E-state index is 11.3. The predicted molar refractivity (Wildman–Crippen MR) is 74.6 cm³/mol. The lowest BCUT2D eigenvalue weighted by Gasteiger charge is -2.21. The highest BCUT2D eigenvalue weighted by atomic mass is 32.1. The van der Waals surface area contributed by atoms with E-state index in [-0.39, 0.29) is 12.5 Å². The minimum atomic E-state index is -0.288. The number of anilines is 1. The van der Waals surface area contributed by atoms with Crippen LogP contribution in [0.15, 0.2) is 18.3 Å². The van der Waals surface area contributed by atoms with Crippen LogP contribution < -0.4 is 10.6 Å². The van der Waals surface area contributed by atoms with E-state index in [1.807, 2.05) is 11.8 Å². The molecule has 0 radical (unpaired) electrons. The molecule has 2 N–H and O–H groups in total. The summed E-state index contributed by atoms with van der Waals surface area (Å²) in [5, 5.41) is 0. The van der Waals surface area contributed by atoms with Crippen molar-refractivity contribution in [3.63, 3.8) is 0 Å². The Bertz CT molecular complexity index is 420. The lowest BCUT2D eigenvalue weighted by Crippen LogP contribution is -2.32. The summed E-state index contributed by atoms with van der Waals surface area (Å²) in [6.07, 6.45) is 2.52. The van der Waals surface area contributed by atoms with Gasteiger partial charge in [-0.1, -0.05) is 19.1 Å². The molecule has 0 aromatic carbocycles. The van der Waals surface area contributed by atoms with Crippen molar-refractivity contribution >= 4 is 29.0 Å². The Hall–Kier alpha value is -1.69. The fourth-order valence-electron chi connectivity index (χ4n) is 1.48. The first-order valence-corrected chi connectivity index (χ1v) is 6.07. The smallest absolute Gasteiger partial charge is 0.325 e. The number of nitrogens with two attached hydrogens (primary N) is 1. The Morgan fingerprint density at radius 2 is 2.28 bits per heavy atom. The maximum absolute atomic E-state index is 11.3. The molecule has 0 aliphatic carbocycles. The van der Waals surface area contributed by atoms with Crippen LogP contribution in [0.4, 0.5) is 5.82 Å². The topological polar surface area (TPSA) is 68.5 Å². The minimum absolute atomic E-state index is 0.184. The number of hydrogen-bond donors (Lipinski definition) is 1. The summed E-state index contributed by atoms with van der Waals surface area (Å²) in [7, 11) is 1.37. The summed E-state index contributed by atoms with van der Waals surface area (Å²) in [4.78, 5) is 17.7. The van der Waals surface area contributed by atoms with Gasteiger partial charge >= 0.3 is 5.97 Å². The third kappa shape index (κ3) is 3.96. The number of thiocarbonyl (C=S) groups is 1. The molecule has 18 heavy (non-hydrogen) atoms. The number of rotatable bonds is 6. The first-order chi connectivity index (χ1) is 8.58. The Labute approximate surface area is 112 Å². The van der Waals surface area contributed by atoms with Crippen molar-refractivity contribution in [2.45, 2.75) is 13.3 Å². The van der Waals surface area contributed by atoms with Crippen molar-refractivity contribution in [2.75, 3.05) is 25.1 Å². The van der Waals surface area contributed by atoms with Crippen molar-refractivity contribution in [1.29, 1.82) is 0 Å². The van der Waals surface area contributed by atoms with E-state index in [1.165, 1.54) is 7.11 Å². The second-order valence-corrected chi connectivity index (χ2v) is 4.21. The molecule has 0 unspecified atom stereocenters. The maximum Gasteiger partial charge on any atom is 0.325 e. The van der Waals surface area contributed by atoms with E-state index in [2.05, 4.69) is 9.72 Å². The highest BCUT2D eigenvalue weighted by molar-refractivity contribution is 7.80. The van der Waals surface area contributed by atoms with E-state index in [9.17, 15) is 4.79 Å². The number of aromatic nitrogens is 1. The molecule has 1 heterocycles. The number of esters is 1. The molecule has 1 aromatic rings. The van der Waals surface area contributed by atoms with Crippen LogP contribution in [0.1, 0.15) is 18.9 Å². The quantitative estimate of drug-likeness (QED) is 0.615. The zero-order valence-corrected chi connectivity index (χ0v) is 11.4. The van der Waals surface area contributed by atoms with Crippen molar-refractivity contribution in [3.05, 3.63) is 23.9 Å². The van der Waals surface area contributed by atoms with E-state index in [0.717, 1.165) is 13.0 Å². The lowest BCUT2D eigenvalue weighted by molar-refractivity contribution is -0.138. The van der Waals surface area contributed by atoms with Crippen LogP contribution in [-0.2, 0) is 9.53 Å². The number of pyridine rings is 1. The Morgan fingerprint density at radius 3 is 2.72 bits per heavy atom. The molecule has 1 rings (SSSR count). The highest BCUT2D eigenvalue weighted by Gasteiger charge is 2.12. The SMILES string of the molecule is CCCN(CC(=O)OC)c1ccc(C(N)=S)cn1. The third-order valence-electron chi connectivity index (χ3n) is 2.40. The summed E-state index contributed by atoms with van der Waals surface area (Å²) >= 11 is 4.86. The van der Waals surface area contributed by atoms with Gasteiger partial charge in [0.05, 0.1) is 7.11 Å². The van der Waals surface area contributed by atoms with E-state index in [1.54, 1.807) is 18.3 Å². The van der Waals surface area contributed by atoms with Gasteiger partial charge in [-0.15, -0.1) is 0 Å². The minimum Gasteiger partial charge on any atom is -0.468 e. The lowest BCUT2D eigenvalue weighted by atomic mass is 10.2. The molecule has 98 valence electrons. The predicted octanol–water partition coefficient (Wildman–Crippen LogP) is 1.11. The second-order valence-electron chi connectivity index (χ2n) is 3.77. The molecule has 0 saturated carbocycles. The molecule has 0 spiro atoms. The van der Waals surface area contributed by atoms with Gasteiger partial charge in [-0.25, -0.2) is 4.98 Å². The van der Waals surface area contributed by atoms with Crippen molar-refractivity contribution in [3.8, 4) is 0 Å². The van der Waals surface area contributed by atoms with Gasteiger partial charge < -0.3 is 15.4 Å². The molecule has 5 nitrogen and oxygen atoms in total. The molecular formula is C12H17N3O2S. The Morgan fingerprint density at radius 1 is 1.56 bits per heavy atom. The second kappa shape index (κ2) is 6.90. The van der Waals surface area contributed by atoms with Crippen LogP contribution in [0.2, 0.25) is 0 Å². The summed E-state index contributed by atoms with van der Waals surface area (Å²) in [5.41, 5.74) is 6.22. The zero-order valence-electron chi connectivity index (χ0n) is 10.5. The van der Waals surface area contributed by atoms with E-state index in [4.69, 9.17) is 18.0 Å². The van der Waals surface area contributed by atoms with Gasteiger partial charge in [-0.2, -0.15) is 0 Å². The number of ether oxygens (including phenoxy) is 1. The zero-order chi connectivity index (χ0) is 13.5. The monoisotopic (exact) mass is 267 g/mol. The number of methoxy groups -OCH3 is 1. The van der Waals surface area contributed by atoms with Crippen LogP contribution >= 0.6 is 12.2 Å². The fourth-order valence-corrected chi connectivity index (χ4v) is 1.60. The van der Waals surface area contributed by atoms with Gasteiger partial charge in [-0.05, 0) is 18.6 Å². The normalized spacial score (nSPS) is 9.89. The number of nitrogens with zero attached hydrogens (tertiary/aromatic N) is 2. The summed E-state index contributed by atoms with van der Waals surface area (Å²) in [6, 6.07) is 3.59. The molecule has 0 bridgehead atoms. The van der Waals surface area contributed by atoms with Crippen molar-refractivity contribution in [2.24, 2.45) is 5.73 Å². The average Bonchev–Trinajstić information content (AvgIpc) is 2.38. The van der Waals surface area contributed by atoms with E-state index >= 15 is 0 Å². The van der Waals surface area contributed by atoms with Crippen LogP contribution in [0.5, 0.6) is 0 Å². The summed E-state index contributed by atoms with van der Waals surface area (Å²) in [6.45, 7) is 2.95. The van der Waals surface area contributed by atoms with E-state index < -0.39 is 0 Å². The molecule has 0 amide bonds. The molecule has 0 aliphatic rings. The van der Waals surface area contributed by atoms with Crippen LogP contribution in [-0.4, -0.2) is 36.1 Å². The summed E-state index contributed by atoms with van der Waals surface area (Å²) < 4.78 is 4.66. The number of carbonyl (C=O) groups excluding carboxylic acids is 1. The largest absolute Gasteiger partial charge is 0.468 e. The first kappa shape index (κ1) is 14.4. The first-order valence-electron chi connectivity index (χ1n) is 5.66. The highest BCUT2D eigenvalue weighted by Crippen LogP contribution is 2.12. The molecule has 0 fully saturated rings.